The average Bonchev–Trinajstić information content (AvgIpc) is 3.19. The highest BCUT2D eigenvalue weighted by atomic mass is 19.1. The van der Waals surface area contributed by atoms with Crippen molar-refractivity contribution in [3.8, 4) is 6.07 Å². The van der Waals surface area contributed by atoms with Crippen LogP contribution in [0.1, 0.15) is 25.3 Å². The molecule has 100 valence electrons. The SMILES string of the molecule is CCOC(=O)CN(c1cc(F)cc(C#N)c1)C1CC1. The van der Waals surface area contributed by atoms with Gasteiger partial charge in [-0.2, -0.15) is 5.26 Å². The average molecular weight is 262 g/mol. The van der Waals surface area contributed by atoms with Crippen LogP contribution in [0.4, 0.5) is 10.1 Å². The van der Waals surface area contributed by atoms with Crippen molar-refractivity contribution < 1.29 is 13.9 Å². The van der Waals surface area contributed by atoms with Crippen molar-refractivity contribution >= 4 is 11.7 Å². The highest BCUT2D eigenvalue weighted by molar-refractivity contribution is 5.76. The zero-order valence-corrected chi connectivity index (χ0v) is 10.7. The highest BCUT2D eigenvalue weighted by Gasteiger charge is 2.31. The van der Waals surface area contributed by atoms with Crippen LogP contribution in [0.3, 0.4) is 0 Å². The summed E-state index contributed by atoms with van der Waals surface area (Å²) in [7, 11) is 0. The molecule has 0 bridgehead atoms. The van der Waals surface area contributed by atoms with Crippen molar-refractivity contribution in [1.82, 2.24) is 0 Å². The van der Waals surface area contributed by atoms with Crippen LogP contribution in [0.2, 0.25) is 0 Å². The number of nitriles is 1. The minimum atomic E-state index is -0.469. The lowest BCUT2D eigenvalue weighted by Gasteiger charge is -2.23. The summed E-state index contributed by atoms with van der Waals surface area (Å²) in [6.07, 6.45) is 1.94. The molecule has 19 heavy (non-hydrogen) atoms. The Kier molecular flexibility index (Phi) is 4.00. The Morgan fingerprint density at radius 1 is 1.53 bits per heavy atom. The minimum Gasteiger partial charge on any atom is -0.465 e. The molecule has 0 saturated heterocycles. The van der Waals surface area contributed by atoms with E-state index in [0.717, 1.165) is 12.8 Å². The molecule has 0 N–H and O–H groups in total. The van der Waals surface area contributed by atoms with Crippen LogP contribution >= 0.6 is 0 Å². The third-order valence-electron chi connectivity index (χ3n) is 2.94. The van der Waals surface area contributed by atoms with E-state index in [2.05, 4.69) is 0 Å². The number of esters is 1. The summed E-state index contributed by atoms with van der Waals surface area (Å²) in [4.78, 5) is 13.4. The molecule has 1 aliphatic carbocycles. The van der Waals surface area contributed by atoms with Gasteiger partial charge in [0.1, 0.15) is 12.4 Å². The zero-order chi connectivity index (χ0) is 13.8. The minimum absolute atomic E-state index is 0.0901. The van der Waals surface area contributed by atoms with Gasteiger partial charge in [-0.1, -0.05) is 0 Å². The number of rotatable bonds is 5. The van der Waals surface area contributed by atoms with Gasteiger partial charge in [0.15, 0.2) is 0 Å². The standard InChI is InChI=1S/C14H15FN2O2/c1-2-19-14(18)9-17(12-3-4-12)13-6-10(8-16)5-11(15)7-13/h5-7,12H,2-4,9H2,1H3. The van der Waals surface area contributed by atoms with Crippen LogP contribution in [0.15, 0.2) is 18.2 Å². The van der Waals surface area contributed by atoms with Gasteiger partial charge in [0.2, 0.25) is 0 Å². The molecule has 0 atom stereocenters. The Balaban J connectivity index is 2.21. The maximum atomic E-state index is 13.5. The van der Waals surface area contributed by atoms with Gasteiger partial charge in [0.05, 0.1) is 18.2 Å². The first-order valence-corrected chi connectivity index (χ1v) is 6.27. The van der Waals surface area contributed by atoms with Gasteiger partial charge in [0.25, 0.3) is 0 Å². The molecule has 5 heteroatoms. The summed E-state index contributed by atoms with van der Waals surface area (Å²) in [5.41, 5.74) is 0.816. The highest BCUT2D eigenvalue weighted by Crippen LogP contribution is 2.32. The Bertz CT molecular complexity index is 521. The predicted octanol–water partition coefficient (Wildman–Crippen LogP) is 2.23. The summed E-state index contributed by atoms with van der Waals surface area (Å²) in [6.45, 7) is 2.16. The number of carbonyl (C=O) groups excluding carboxylic acids is 1. The van der Waals surface area contributed by atoms with Gasteiger partial charge in [-0.15, -0.1) is 0 Å². The predicted molar refractivity (Wildman–Crippen MR) is 68.1 cm³/mol. The van der Waals surface area contributed by atoms with Crippen LogP contribution in [0.5, 0.6) is 0 Å². The molecule has 1 saturated carbocycles. The van der Waals surface area contributed by atoms with Gasteiger partial charge in [-0.05, 0) is 38.0 Å². The Morgan fingerprint density at radius 3 is 2.84 bits per heavy atom. The lowest BCUT2D eigenvalue weighted by atomic mass is 10.2. The van der Waals surface area contributed by atoms with E-state index < -0.39 is 5.82 Å². The molecule has 0 heterocycles. The van der Waals surface area contributed by atoms with Crippen LogP contribution < -0.4 is 4.90 Å². The second kappa shape index (κ2) is 5.70. The lowest BCUT2D eigenvalue weighted by Crippen LogP contribution is -2.33. The third-order valence-corrected chi connectivity index (χ3v) is 2.94. The number of anilines is 1. The Hall–Kier alpha value is -2.09. The van der Waals surface area contributed by atoms with Crippen molar-refractivity contribution in [2.45, 2.75) is 25.8 Å². The Labute approximate surface area is 111 Å². The molecule has 0 aliphatic heterocycles. The number of benzene rings is 1. The van der Waals surface area contributed by atoms with Crippen LogP contribution in [0, 0.1) is 17.1 Å². The molecule has 0 aromatic heterocycles. The fourth-order valence-electron chi connectivity index (χ4n) is 1.97. The maximum Gasteiger partial charge on any atom is 0.325 e. The number of ether oxygens (including phenoxy) is 1. The molecule has 1 aliphatic rings. The van der Waals surface area contributed by atoms with E-state index >= 15 is 0 Å². The van der Waals surface area contributed by atoms with Crippen LogP contribution in [-0.2, 0) is 9.53 Å². The summed E-state index contributed by atoms with van der Waals surface area (Å²) in [5, 5.41) is 8.86. The lowest BCUT2D eigenvalue weighted by molar-refractivity contribution is -0.141. The van der Waals surface area contributed by atoms with E-state index in [1.807, 2.05) is 11.0 Å². The molecule has 2 rings (SSSR count). The maximum absolute atomic E-state index is 13.5. The first kappa shape index (κ1) is 13.3. The van der Waals surface area contributed by atoms with Gasteiger partial charge in [0, 0.05) is 11.7 Å². The normalized spacial score (nSPS) is 13.7. The second-order valence-corrected chi connectivity index (χ2v) is 4.47. The van der Waals surface area contributed by atoms with E-state index in [-0.39, 0.29) is 24.1 Å². The summed E-state index contributed by atoms with van der Waals surface area (Å²) in [6, 6.07) is 6.28. The fourth-order valence-corrected chi connectivity index (χ4v) is 1.97. The molecule has 1 fully saturated rings. The number of hydrogen-bond acceptors (Lipinski definition) is 4. The summed E-state index contributed by atoms with van der Waals surface area (Å²) >= 11 is 0. The van der Waals surface area contributed by atoms with Crippen molar-refractivity contribution in [3.63, 3.8) is 0 Å². The molecule has 1 aromatic carbocycles. The van der Waals surface area contributed by atoms with E-state index in [0.29, 0.717) is 12.3 Å². The van der Waals surface area contributed by atoms with E-state index in [9.17, 15) is 9.18 Å². The quantitative estimate of drug-likeness (QED) is 0.763. The van der Waals surface area contributed by atoms with Crippen molar-refractivity contribution in [1.29, 1.82) is 5.26 Å². The smallest absolute Gasteiger partial charge is 0.325 e. The second-order valence-electron chi connectivity index (χ2n) is 4.47. The zero-order valence-electron chi connectivity index (χ0n) is 10.7. The first-order chi connectivity index (χ1) is 9.13. The topological polar surface area (TPSA) is 53.3 Å². The summed E-state index contributed by atoms with van der Waals surface area (Å²) < 4.78 is 18.4. The van der Waals surface area contributed by atoms with E-state index in [1.165, 1.54) is 12.1 Å². The molecule has 0 unspecified atom stereocenters. The number of nitrogens with zero attached hydrogens (tertiary/aromatic N) is 2. The number of hydrogen-bond donors (Lipinski definition) is 0. The van der Waals surface area contributed by atoms with E-state index in [1.54, 1.807) is 13.0 Å². The van der Waals surface area contributed by atoms with Crippen molar-refractivity contribution in [3.05, 3.63) is 29.6 Å². The Morgan fingerprint density at radius 2 is 2.26 bits per heavy atom. The van der Waals surface area contributed by atoms with Gasteiger partial charge < -0.3 is 9.64 Å². The third kappa shape index (κ3) is 3.44. The van der Waals surface area contributed by atoms with E-state index in [4.69, 9.17) is 10.00 Å². The van der Waals surface area contributed by atoms with Crippen molar-refractivity contribution in [2.24, 2.45) is 0 Å². The molecule has 0 amide bonds. The number of carbonyl (C=O) groups is 1. The number of halogens is 1. The van der Waals surface area contributed by atoms with Crippen molar-refractivity contribution in [2.75, 3.05) is 18.1 Å². The first-order valence-electron chi connectivity index (χ1n) is 6.27. The fraction of sp³-hybridized carbons (Fsp3) is 0.429. The molecule has 4 nitrogen and oxygen atoms in total. The van der Waals surface area contributed by atoms with Gasteiger partial charge in [-0.3, -0.25) is 4.79 Å². The molecular weight excluding hydrogens is 247 g/mol. The van der Waals surface area contributed by atoms with Crippen LogP contribution in [-0.4, -0.2) is 25.2 Å². The molecule has 1 aromatic rings. The summed E-state index contributed by atoms with van der Waals surface area (Å²) in [5.74, 6) is -0.805. The molecule has 0 spiro atoms. The monoisotopic (exact) mass is 262 g/mol. The van der Waals surface area contributed by atoms with Gasteiger partial charge >= 0.3 is 5.97 Å². The largest absolute Gasteiger partial charge is 0.465 e. The van der Waals surface area contributed by atoms with Gasteiger partial charge in [-0.25, -0.2) is 4.39 Å². The molecular formula is C14H15FN2O2. The molecule has 0 radical (unpaired) electrons. The van der Waals surface area contributed by atoms with Crippen LogP contribution in [0.25, 0.3) is 0 Å².